The van der Waals surface area contributed by atoms with E-state index in [0.717, 1.165) is 11.1 Å². The molecule has 9 heteroatoms. The van der Waals surface area contributed by atoms with Gasteiger partial charge in [0.25, 0.3) is 4.51 Å². The molecule has 138 valence electrons. The molecule has 0 aliphatic carbocycles. The zero-order chi connectivity index (χ0) is 19.6. The van der Waals surface area contributed by atoms with Crippen molar-refractivity contribution in [3.8, 4) is 33.9 Å². The zero-order valence-corrected chi connectivity index (χ0v) is 14.9. The van der Waals surface area contributed by atoms with E-state index in [9.17, 15) is 18.3 Å². The molecule has 0 bridgehead atoms. The quantitative estimate of drug-likeness (QED) is 0.460. The monoisotopic (exact) mass is 410 g/mol. The molecular weight excluding hydrogens is 401 g/mol. The van der Waals surface area contributed by atoms with Gasteiger partial charge in [0.2, 0.25) is 0 Å². The van der Waals surface area contributed by atoms with Gasteiger partial charge in [0.15, 0.2) is 5.69 Å². The second-order valence-corrected chi connectivity index (χ2v) is 6.34. The van der Waals surface area contributed by atoms with Crippen molar-refractivity contribution >= 4 is 28.3 Å². The molecule has 0 unspecified atom stereocenters. The van der Waals surface area contributed by atoms with Crippen LogP contribution in [0.5, 0.6) is 11.5 Å². The van der Waals surface area contributed by atoms with Crippen LogP contribution < -0.4 is 4.74 Å². The van der Waals surface area contributed by atoms with Crippen molar-refractivity contribution in [1.29, 1.82) is 0 Å². The van der Waals surface area contributed by atoms with Crippen LogP contribution in [0.2, 0.25) is 0 Å². The fourth-order valence-electron chi connectivity index (χ4n) is 2.38. The Hall–Kier alpha value is -2.71. The molecule has 1 aromatic heterocycles. The third kappa shape index (κ3) is 4.53. The van der Waals surface area contributed by atoms with Crippen LogP contribution >= 0.6 is 23.8 Å². The molecule has 0 spiro atoms. The Balaban J connectivity index is 1.89. The molecule has 0 aliphatic rings. The molecule has 0 atom stereocenters. The van der Waals surface area contributed by atoms with Crippen LogP contribution in [0.1, 0.15) is 5.69 Å². The second-order valence-electron chi connectivity index (χ2n) is 5.41. The van der Waals surface area contributed by atoms with E-state index >= 15 is 0 Å². The van der Waals surface area contributed by atoms with Gasteiger partial charge in [0, 0.05) is 11.6 Å². The lowest BCUT2D eigenvalue weighted by Gasteiger charge is -2.09. The Morgan fingerprint density at radius 2 is 1.63 bits per heavy atom. The maximum Gasteiger partial charge on any atom is 0.435 e. The Labute approximate surface area is 162 Å². The van der Waals surface area contributed by atoms with Crippen molar-refractivity contribution in [2.24, 2.45) is 0 Å². The number of ether oxygens (including phenoxy) is 1. The highest BCUT2D eigenvalue weighted by Crippen LogP contribution is 2.34. The molecule has 0 fully saturated rings. The topological polar surface area (TPSA) is 55.2 Å². The van der Waals surface area contributed by atoms with Gasteiger partial charge in [0.05, 0.1) is 0 Å². The lowest BCUT2D eigenvalue weighted by Crippen LogP contribution is -2.09. The van der Waals surface area contributed by atoms with E-state index in [4.69, 9.17) is 16.3 Å². The van der Waals surface area contributed by atoms with Crippen molar-refractivity contribution in [3.63, 3.8) is 0 Å². The van der Waals surface area contributed by atoms with E-state index in [1.54, 1.807) is 42.5 Å². The first-order chi connectivity index (χ1) is 12.7. The maximum absolute atomic E-state index is 12.6. The number of aromatic nitrogens is 2. The Morgan fingerprint density at radius 3 is 2.22 bits per heavy atom. The predicted molar refractivity (Wildman–Crippen MR) is 98.6 cm³/mol. The van der Waals surface area contributed by atoms with Gasteiger partial charge in [0.1, 0.15) is 17.2 Å². The van der Waals surface area contributed by atoms with Crippen molar-refractivity contribution in [1.82, 2.24) is 10.2 Å². The first-order valence-electron chi connectivity index (χ1n) is 7.46. The summed E-state index contributed by atoms with van der Waals surface area (Å²) < 4.78 is 42.9. The minimum Gasteiger partial charge on any atom is -0.506 e. The van der Waals surface area contributed by atoms with E-state index < -0.39 is 17.6 Å². The lowest BCUT2D eigenvalue weighted by atomic mass is 10.0. The number of thiocarbonyl (C=S) groups is 1. The van der Waals surface area contributed by atoms with Crippen LogP contribution in [0.25, 0.3) is 22.4 Å². The van der Waals surface area contributed by atoms with E-state index in [1.807, 2.05) is 6.07 Å². The number of halogens is 4. The summed E-state index contributed by atoms with van der Waals surface area (Å²) in [6, 6.07) is 14.3. The third-order valence-corrected chi connectivity index (χ3v) is 3.75. The highest BCUT2D eigenvalue weighted by atomic mass is 35.5. The summed E-state index contributed by atoms with van der Waals surface area (Å²) in [6.07, 6.45) is -4.68. The van der Waals surface area contributed by atoms with Crippen molar-refractivity contribution < 1.29 is 23.0 Å². The van der Waals surface area contributed by atoms with Crippen molar-refractivity contribution in [2.45, 2.75) is 6.18 Å². The van der Waals surface area contributed by atoms with E-state index in [-0.39, 0.29) is 10.2 Å². The molecule has 3 rings (SSSR count). The van der Waals surface area contributed by atoms with Gasteiger partial charge in [-0.25, -0.2) is 0 Å². The summed E-state index contributed by atoms with van der Waals surface area (Å²) >= 11 is 10.2. The van der Waals surface area contributed by atoms with Crippen molar-refractivity contribution in [3.05, 3.63) is 60.3 Å². The van der Waals surface area contributed by atoms with Crippen LogP contribution in [-0.4, -0.2) is 19.8 Å². The number of alkyl halides is 3. The van der Waals surface area contributed by atoms with Gasteiger partial charge >= 0.3 is 6.18 Å². The Morgan fingerprint density at radius 1 is 0.963 bits per heavy atom. The highest BCUT2D eigenvalue weighted by molar-refractivity contribution is 7.82. The summed E-state index contributed by atoms with van der Waals surface area (Å²) in [7, 11) is 0. The first kappa shape index (κ1) is 19.1. The van der Waals surface area contributed by atoms with Gasteiger partial charge in [-0.3, -0.25) is 0 Å². The number of nitrogens with zero attached hydrogens (tertiary/aromatic N) is 2. The Bertz CT molecular complexity index is 995. The third-order valence-electron chi connectivity index (χ3n) is 3.59. The molecule has 0 radical (unpaired) electrons. The molecule has 0 saturated carbocycles. The fraction of sp³-hybridized carbons (Fsp3) is 0.0556. The van der Waals surface area contributed by atoms with Crippen LogP contribution in [0.15, 0.2) is 54.6 Å². The average Bonchev–Trinajstić information content (AvgIpc) is 2.61. The molecule has 27 heavy (non-hydrogen) atoms. The number of hydrogen-bond donors (Lipinski definition) is 1. The number of hydrogen-bond acceptors (Lipinski definition) is 5. The number of rotatable bonds is 3. The van der Waals surface area contributed by atoms with Gasteiger partial charge in [-0.05, 0) is 47.1 Å². The molecule has 2 aromatic carbocycles. The molecule has 3 aromatic rings. The second kappa shape index (κ2) is 7.50. The smallest absolute Gasteiger partial charge is 0.435 e. The van der Waals surface area contributed by atoms with E-state index in [0.29, 0.717) is 17.4 Å². The fourth-order valence-corrected chi connectivity index (χ4v) is 2.56. The lowest BCUT2D eigenvalue weighted by molar-refractivity contribution is -0.141. The maximum atomic E-state index is 12.6. The van der Waals surface area contributed by atoms with Gasteiger partial charge in [-0.15, -0.1) is 10.2 Å². The summed E-state index contributed by atoms with van der Waals surface area (Å²) in [5.41, 5.74) is 0.749. The van der Waals surface area contributed by atoms with Gasteiger partial charge < -0.3 is 9.84 Å². The van der Waals surface area contributed by atoms with Crippen molar-refractivity contribution in [2.75, 3.05) is 0 Å². The summed E-state index contributed by atoms with van der Waals surface area (Å²) in [5.74, 6) is -0.126. The molecule has 0 aliphatic heterocycles. The minimum absolute atomic E-state index is 0.0425. The first-order valence-corrected chi connectivity index (χ1v) is 8.25. The Kier molecular flexibility index (Phi) is 5.29. The standard InChI is InChI=1S/C18H10ClF3N2O2S/c19-17(27)26-13-3-1-2-12(8-13)10-4-6-11(7-5-10)16-14(25)9-15(23-24-16)18(20,21)22/h1-9H,(H,23,25). The zero-order valence-electron chi connectivity index (χ0n) is 13.4. The van der Waals surface area contributed by atoms with E-state index in [2.05, 4.69) is 22.4 Å². The normalized spacial score (nSPS) is 11.3. The number of aromatic hydroxyl groups is 1. The molecule has 4 nitrogen and oxygen atoms in total. The summed E-state index contributed by atoms with van der Waals surface area (Å²) in [4.78, 5) is 0. The van der Waals surface area contributed by atoms with Gasteiger partial charge in [-0.1, -0.05) is 36.4 Å². The summed E-state index contributed by atoms with van der Waals surface area (Å²) in [5, 5.41) is 16.5. The molecule has 1 N–H and O–H groups in total. The van der Waals surface area contributed by atoms with Crippen LogP contribution in [-0.2, 0) is 6.18 Å². The predicted octanol–water partition coefficient (Wildman–Crippen LogP) is 5.44. The largest absolute Gasteiger partial charge is 0.506 e. The van der Waals surface area contributed by atoms with E-state index in [1.165, 1.54) is 0 Å². The van der Waals surface area contributed by atoms with Crippen LogP contribution in [0, 0.1) is 0 Å². The molecule has 0 saturated heterocycles. The highest BCUT2D eigenvalue weighted by Gasteiger charge is 2.34. The number of benzene rings is 2. The molecule has 1 heterocycles. The van der Waals surface area contributed by atoms with Crippen LogP contribution in [0.3, 0.4) is 0 Å². The minimum atomic E-state index is -4.68. The van der Waals surface area contributed by atoms with Gasteiger partial charge in [-0.2, -0.15) is 13.2 Å². The van der Waals surface area contributed by atoms with Crippen LogP contribution in [0.4, 0.5) is 13.2 Å². The molecule has 0 amide bonds. The average molecular weight is 411 g/mol. The summed E-state index contributed by atoms with van der Waals surface area (Å²) in [6.45, 7) is 0. The molecular formula is C18H10ClF3N2O2S. The SMILES string of the molecule is Oc1cc(C(F)(F)F)nnc1-c1ccc(-c2cccc(OC(=S)Cl)c2)cc1.